The third-order valence-electron chi connectivity index (χ3n) is 3.71. The Morgan fingerprint density at radius 2 is 2.05 bits per heavy atom. The fourth-order valence-corrected chi connectivity index (χ4v) is 2.27. The first-order chi connectivity index (χ1) is 9.86. The summed E-state index contributed by atoms with van der Waals surface area (Å²) in [5.41, 5.74) is 2.43. The lowest BCUT2D eigenvalue weighted by Gasteiger charge is -2.10. The molecule has 0 atom stereocenters. The summed E-state index contributed by atoms with van der Waals surface area (Å²) in [5.74, 6) is 1.87. The van der Waals surface area contributed by atoms with Crippen molar-refractivity contribution in [3.8, 4) is 5.75 Å². The van der Waals surface area contributed by atoms with Crippen molar-refractivity contribution in [2.45, 2.75) is 45.4 Å². The second kappa shape index (κ2) is 6.14. The van der Waals surface area contributed by atoms with E-state index in [1.807, 2.05) is 24.3 Å². The van der Waals surface area contributed by atoms with Gasteiger partial charge in [-0.25, -0.2) is 0 Å². The third kappa shape index (κ3) is 3.23. The fourth-order valence-electron chi connectivity index (χ4n) is 2.27. The summed E-state index contributed by atoms with van der Waals surface area (Å²) >= 11 is 0. The summed E-state index contributed by atoms with van der Waals surface area (Å²) in [6.07, 6.45) is 5.32. The van der Waals surface area contributed by atoms with Crippen LogP contribution >= 0.6 is 0 Å². The van der Waals surface area contributed by atoms with E-state index in [4.69, 9.17) is 9.15 Å². The second-order valence-electron chi connectivity index (χ2n) is 5.27. The number of ether oxygens (including phenoxy) is 1. The van der Waals surface area contributed by atoms with Crippen LogP contribution in [0.15, 0.2) is 41.0 Å². The van der Waals surface area contributed by atoms with Crippen molar-refractivity contribution in [3.05, 3.63) is 53.5 Å². The average Bonchev–Trinajstić information content (AvgIpc) is 3.21. The standard InChI is InChI=1S/C17H21NO2/c1-2-13-5-3-4-6-16(13)20-12-17-14(9-10-19-17)11-18-15-7-8-15/h3-6,9-10,15,18H,2,7-8,11-12H2,1H3. The number of furan rings is 1. The van der Waals surface area contributed by atoms with Crippen LogP contribution in [0.3, 0.4) is 0 Å². The molecule has 0 unspecified atom stereocenters. The number of aryl methyl sites for hydroxylation is 1. The molecule has 106 valence electrons. The maximum Gasteiger partial charge on any atom is 0.146 e. The first-order valence-electron chi connectivity index (χ1n) is 7.36. The van der Waals surface area contributed by atoms with E-state index in [0.29, 0.717) is 12.6 Å². The zero-order valence-electron chi connectivity index (χ0n) is 11.9. The van der Waals surface area contributed by atoms with Gasteiger partial charge in [-0.15, -0.1) is 0 Å². The molecule has 20 heavy (non-hydrogen) atoms. The third-order valence-corrected chi connectivity index (χ3v) is 3.71. The molecule has 0 spiro atoms. The van der Waals surface area contributed by atoms with Gasteiger partial charge in [0, 0.05) is 18.2 Å². The van der Waals surface area contributed by atoms with E-state index < -0.39 is 0 Å². The zero-order valence-corrected chi connectivity index (χ0v) is 11.9. The molecule has 1 aromatic heterocycles. The summed E-state index contributed by atoms with van der Waals surface area (Å²) in [7, 11) is 0. The van der Waals surface area contributed by atoms with E-state index in [2.05, 4.69) is 18.3 Å². The number of hydrogen-bond acceptors (Lipinski definition) is 3. The summed E-state index contributed by atoms with van der Waals surface area (Å²) in [6, 6.07) is 10.9. The molecule has 2 aromatic rings. The van der Waals surface area contributed by atoms with Crippen molar-refractivity contribution in [2.24, 2.45) is 0 Å². The normalized spacial score (nSPS) is 14.4. The van der Waals surface area contributed by atoms with Gasteiger partial charge in [-0.1, -0.05) is 25.1 Å². The number of rotatable bonds is 7. The topological polar surface area (TPSA) is 34.4 Å². The van der Waals surface area contributed by atoms with Gasteiger partial charge in [-0.2, -0.15) is 0 Å². The summed E-state index contributed by atoms with van der Waals surface area (Å²) in [6.45, 7) is 3.50. The molecule has 1 aliphatic carbocycles. The Morgan fingerprint density at radius 3 is 2.85 bits per heavy atom. The van der Waals surface area contributed by atoms with Gasteiger partial charge in [-0.3, -0.25) is 0 Å². The van der Waals surface area contributed by atoms with Crippen LogP contribution in [-0.4, -0.2) is 6.04 Å². The lowest BCUT2D eigenvalue weighted by atomic mass is 10.1. The average molecular weight is 271 g/mol. The summed E-state index contributed by atoms with van der Waals surface area (Å²) in [5, 5.41) is 3.50. The number of para-hydroxylation sites is 1. The molecule has 0 amide bonds. The molecule has 3 heteroatoms. The zero-order chi connectivity index (χ0) is 13.8. The Kier molecular flexibility index (Phi) is 4.07. The number of hydrogen-bond donors (Lipinski definition) is 1. The van der Waals surface area contributed by atoms with Gasteiger partial charge in [0.25, 0.3) is 0 Å². The van der Waals surface area contributed by atoms with Gasteiger partial charge in [-0.05, 0) is 37.0 Å². The van der Waals surface area contributed by atoms with Crippen LogP contribution in [0.5, 0.6) is 5.75 Å². The highest BCUT2D eigenvalue weighted by molar-refractivity contribution is 5.33. The maximum absolute atomic E-state index is 5.91. The van der Waals surface area contributed by atoms with E-state index in [9.17, 15) is 0 Å². The van der Waals surface area contributed by atoms with Gasteiger partial charge in [0.1, 0.15) is 18.1 Å². The molecule has 1 heterocycles. The van der Waals surface area contributed by atoms with Crippen molar-refractivity contribution in [2.75, 3.05) is 0 Å². The fraction of sp³-hybridized carbons (Fsp3) is 0.412. The molecule has 0 aliphatic heterocycles. The molecular weight excluding hydrogens is 250 g/mol. The predicted molar refractivity (Wildman–Crippen MR) is 78.7 cm³/mol. The van der Waals surface area contributed by atoms with Crippen LogP contribution < -0.4 is 10.1 Å². The van der Waals surface area contributed by atoms with E-state index in [1.165, 1.54) is 24.0 Å². The minimum atomic E-state index is 0.492. The Labute approximate surface area is 119 Å². The van der Waals surface area contributed by atoms with Gasteiger partial charge < -0.3 is 14.5 Å². The molecule has 1 aliphatic rings. The SMILES string of the molecule is CCc1ccccc1OCc1occc1CNC1CC1. The minimum Gasteiger partial charge on any atom is -0.485 e. The van der Waals surface area contributed by atoms with E-state index >= 15 is 0 Å². The van der Waals surface area contributed by atoms with Crippen LogP contribution in [0.1, 0.15) is 36.7 Å². The summed E-state index contributed by atoms with van der Waals surface area (Å²) in [4.78, 5) is 0. The molecule has 3 rings (SSSR count). The molecule has 1 N–H and O–H groups in total. The highest BCUT2D eigenvalue weighted by Crippen LogP contribution is 2.22. The maximum atomic E-state index is 5.91. The van der Waals surface area contributed by atoms with Crippen LogP contribution in [0, 0.1) is 0 Å². The van der Waals surface area contributed by atoms with Crippen molar-refractivity contribution < 1.29 is 9.15 Å². The van der Waals surface area contributed by atoms with E-state index in [1.54, 1.807) is 6.26 Å². The first-order valence-corrected chi connectivity index (χ1v) is 7.36. The molecule has 0 saturated heterocycles. The molecule has 0 bridgehead atoms. The van der Waals surface area contributed by atoms with Gasteiger partial charge in [0.2, 0.25) is 0 Å². The van der Waals surface area contributed by atoms with Gasteiger partial charge >= 0.3 is 0 Å². The molecule has 0 radical (unpaired) electrons. The number of nitrogens with one attached hydrogen (secondary N) is 1. The monoisotopic (exact) mass is 271 g/mol. The van der Waals surface area contributed by atoms with Crippen LogP contribution in [0.2, 0.25) is 0 Å². The van der Waals surface area contributed by atoms with Crippen molar-refractivity contribution in [1.29, 1.82) is 0 Å². The van der Waals surface area contributed by atoms with E-state index in [-0.39, 0.29) is 0 Å². The predicted octanol–water partition coefficient (Wildman–Crippen LogP) is 3.67. The molecule has 1 aromatic carbocycles. The van der Waals surface area contributed by atoms with Crippen LogP contribution in [0.25, 0.3) is 0 Å². The van der Waals surface area contributed by atoms with E-state index in [0.717, 1.165) is 24.5 Å². The van der Waals surface area contributed by atoms with Gasteiger partial charge in [0.05, 0.1) is 6.26 Å². The first kappa shape index (κ1) is 13.3. The highest BCUT2D eigenvalue weighted by atomic mass is 16.5. The molecular formula is C17H21NO2. The minimum absolute atomic E-state index is 0.492. The summed E-state index contributed by atoms with van der Waals surface area (Å²) < 4.78 is 11.5. The Hall–Kier alpha value is -1.74. The second-order valence-corrected chi connectivity index (χ2v) is 5.27. The highest BCUT2D eigenvalue weighted by Gasteiger charge is 2.21. The Balaban J connectivity index is 1.61. The largest absolute Gasteiger partial charge is 0.485 e. The van der Waals surface area contributed by atoms with Crippen molar-refractivity contribution in [3.63, 3.8) is 0 Å². The van der Waals surface area contributed by atoms with Crippen molar-refractivity contribution in [1.82, 2.24) is 5.32 Å². The smallest absolute Gasteiger partial charge is 0.146 e. The molecule has 1 saturated carbocycles. The quantitative estimate of drug-likeness (QED) is 0.834. The molecule has 3 nitrogen and oxygen atoms in total. The Morgan fingerprint density at radius 1 is 1.20 bits per heavy atom. The Bertz CT molecular complexity index is 558. The van der Waals surface area contributed by atoms with Gasteiger partial charge in [0.15, 0.2) is 0 Å². The molecule has 1 fully saturated rings. The van der Waals surface area contributed by atoms with Crippen LogP contribution in [-0.2, 0) is 19.6 Å². The van der Waals surface area contributed by atoms with Crippen LogP contribution in [0.4, 0.5) is 0 Å². The lowest BCUT2D eigenvalue weighted by molar-refractivity contribution is 0.266. The van der Waals surface area contributed by atoms with Crippen molar-refractivity contribution >= 4 is 0 Å². The lowest BCUT2D eigenvalue weighted by Crippen LogP contribution is -2.16. The number of benzene rings is 1.